The zero-order valence-electron chi connectivity index (χ0n) is 25.9. The van der Waals surface area contributed by atoms with Gasteiger partial charge in [0.05, 0.1) is 5.71 Å². The number of H-pyrrole nitrogens is 2. The van der Waals surface area contributed by atoms with Crippen molar-refractivity contribution in [1.29, 1.82) is 0 Å². The van der Waals surface area contributed by atoms with E-state index in [0.29, 0.717) is 34.1 Å². The van der Waals surface area contributed by atoms with Crippen LogP contribution in [0.15, 0.2) is 21.8 Å². The van der Waals surface area contributed by atoms with Gasteiger partial charge in [0, 0.05) is 63.3 Å². The highest BCUT2D eigenvalue weighted by molar-refractivity contribution is 7.80. The lowest BCUT2D eigenvalue weighted by Crippen LogP contribution is -2.19. The summed E-state index contributed by atoms with van der Waals surface area (Å²) in [6.45, 7) is 11.4. The first-order valence-electron chi connectivity index (χ1n) is 14.8. The van der Waals surface area contributed by atoms with Crippen molar-refractivity contribution in [2.45, 2.75) is 78.9 Å². The van der Waals surface area contributed by atoms with Crippen molar-refractivity contribution in [2.24, 2.45) is 16.8 Å². The Kier molecular flexibility index (Phi) is 9.88. The molecule has 0 saturated carbocycles. The first-order valence-corrected chi connectivity index (χ1v) is 15.3. The summed E-state index contributed by atoms with van der Waals surface area (Å²) < 4.78 is 0. The molecule has 234 valence electrons. The lowest BCUT2D eigenvalue weighted by molar-refractivity contribution is -0.138. The number of aromatic amines is 2. The van der Waals surface area contributed by atoms with E-state index in [0.717, 1.165) is 39.2 Å². The molecule has 1 fully saturated rings. The maximum absolute atomic E-state index is 12.5. The molecule has 2 aromatic heterocycles. The second-order valence-electron chi connectivity index (χ2n) is 11.6. The summed E-state index contributed by atoms with van der Waals surface area (Å²) in [5.74, 6) is -2.50. The van der Waals surface area contributed by atoms with Gasteiger partial charge in [-0.3, -0.25) is 19.2 Å². The molecule has 2 aliphatic heterocycles. The highest BCUT2D eigenvalue weighted by Gasteiger charge is 2.37. The zero-order chi connectivity index (χ0) is 32.5. The normalized spacial score (nSPS) is 21.1. The number of carboxylic acids is 2. The summed E-state index contributed by atoms with van der Waals surface area (Å²) in [7, 11) is 0. The van der Waals surface area contributed by atoms with Crippen LogP contribution < -0.4 is 16.0 Å². The smallest absolute Gasteiger partial charge is 0.303 e. The fraction of sp³-hybridized carbons (Fsp3) is 0.424. The third kappa shape index (κ3) is 6.67. The molecule has 2 aromatic rings. The van der Waals surface area contributed by atoms with Gasteiger partial charge in [0.1, 0.15) is 0 Å². The van der Waals surface area contributed by atoms with Crippen molar-refractivity contribution in [3.8, 4) is 0 Å². The molecule has 4 rings (SSSR count). The van der Waals surface area contributed by atoms with E-state index in [1.54, 1.807) is 0 Å². The number of carbonyl (C=O) groups is 4. The highest BCUT2D eigenvalue weighted by atomic mass is 32.1. The maximum atomic E-state index is 12.5. The number of carboxylic acid groups (broad SMARTS) is 2. The SMILES string of the molecule is CCC1=C(C)C(/C=c2\[nH]/c(=C\c3[nH]c(/C=C4\NC(=O)[C@H](C)[C@H]4[C@@H](C)S)c(C)c3CCC(=O)O)c(CCC(=O)O)c2C)=NC1=O. The highest BCUT2D eigenvalue weighted by Crippen LogP contribution is 2.34. The Morgan fingerprint density at radius 2 is 1.57 bits per heavy atom. The standard InChI is InChI=1S/C33H40N4O6S/c1-7-20-15(2)25(36-33(20)43)12-23-16(3)21(8-10-29(38)39)26(34-23)14-27-22(9-11-30(40)41)17(4)24(35-27)13-28-31(19(6)44)18(5)32(42)37-28/h12-14,18-19,31,34-35,44H,7-11H2,1-6H3,(H,37,42)(H,38,39)(H,40,41)/b23-12-,26-14-,28-13-/t18-,19-,31+/m1/s1. The number of carbonyl (C=O) groups excluding carboxylic acids is 2. The molecule has 2 aliphatic rings. The summed E-state index contributed by atoms with van der Waals surface area (Å²) in [5, 5.41) is 23.2. The molecule has 1 saturated heterocycles. The zero-order valence-corrected chi connectivity index (χ0v) is 26.8. The number of amides is 2. The first kappa shape index (κ1) is 32.8. The van der Waals surface area contributed by atoms with E-state index in [4.69, 9.17) is 0 Å². The van der Waals surface area contributed by atoms with Crippen LogP contribution in [0.2, 0.25) is 0 Å². The van der Waals surface area contributed by atoms with Gasteiger partial charge in [-0.15, -0.1) is 0 Å². The molecule has 0 radical (unpaired) electrons. The predicted octanol–water partition coefficient (Wildman–Crippen LogP) is 3.35. The van der Waals surface area contributed by atoms with Gasteiger partial charge in [0.15, 0.2) is 0 Å². The van der Waals surface area contributed by atoms with Crippen LogP contribution >= 0.6 is 12.6 Å². The molecule has 0 unspecified atom stereocenters. The predicted molar refractivity (Wildman–Crippen MR) is 173 cm³/mol. The molecule has 0 bridgehead atoms. The van der Waals surface area contributed by atoms with E-state index in [-0.39, 0.29) is 54.6 Å². The van der Waals surface area contributed by atoms with Gasteiger partial charge in [0.2, 0.25) is 5.91 Å². The second kappa shape index (κ2) is 13.3. The number of hydrogen-bond donors (Lipinski definition) is 6. The molecule has 10 nitrogen and oxygen atoms in total. The molecular weight excluding hydrogens is 580 g/mol. The third-order valence-electron chi connectivity index (χ3n) is 8.72. The Morgan fingerprint density at radius 1 is 0.932 bits per heavy atom. The topological polar surface area (TPSA) is 165 Å². The lowest BCUT2D eigenvalue weighted by Gasteiger charge is -2.17. The number of aliphatic imine (C=N–C) groups is 1. The summed E-state index contributed by atoms with van der Waals surface area (Å²) in [6, 6.07) is 0. The van der Waals surface area contributed by atoms with Crippen molar-refractivity contribution in [2.75, 3.05) is 0 Å². The fourth-order valence-corrected chi connectivity index (χ4v) is 6.57. The molecule has 0 aliphatic carbocycles. The van der Waals surface area contributed by atoms with Crippen molar-refractivity contribution >= 4 is 60.3 Å². The van der Waals surface area contributed by atoms with Gasteiger partial charge in [-0.1, -0.05) is 20.8 Å². The largest absolute Gasteiger partial charge is 0.481 e. The fourth-order valence-electron chi connectivity index (χ4n) is 6.15. The van der Waals surface area contributed by atoms with Crippen LogP contribution in [0.5, 0.6) is 0 Å². The number of nitrogens with zero attached hydrogens (tertiary/aromatic N) is 1. The van der Waals surface area contributed by atoms with Gasteiger partial charge >= 0.3 is 11.9 Å². The van der Waals surface area contributed by atoms with Crippen LogP contribution in [-0.2, 0) is 32.0 Å². The molecule has 0 aromatic carbocycles. The monoisotopic (exact) mass is 620 g/mol. The van der Waals surface area contributed by atoms with Crippen molar-refractivity contribution in [1.82, 2.24) is 15.3 Å². The number of thiol groups is 1. The molecule has 4 heterocycles. The lowest BCUT2D eigenvalue weighted by atomic mass is 9.91. The summed E-state index contributed by atoms with van der Waals surface area (Å²) >= 11 is 4.62. The summed E-state index contributed by atoms with van der Waals surface area (Å²) in [4.78, 5) is 59.0. The van der Waals surface area contributed by atoms with E-state index in [1.807, 2.05) is 59.8 Å². The Bertz CT molecular complexity index is 1750. The quantitative estimate of drug-likeness (QED) is 0.211. The van der Waals surface area contributed by atoms with E-state index in [1.165, 1.54) is 0 Å². The number of aliphatic carboxylic acids is 2. The Morgan fingerprint density at radius 3 is 2.14 bits per heavy atom. The van der Waals surface area contributed by atoms with Gasteiger partial charge in [-0.05, 0) is 86.1 Å². The van der Waals surface area contributed by atoms with Gasteiger partial charge < -0.3 is 25.5 Å². The molecule has 2 amide bonds. The Hall–Kier alpha value is -4.12. The van der Waals surface area contributed by atoms with E-state index < -0.39 is 11.9 Å². The molecule has 5 N–H and O–H groups in total. The number of hydrogen-bond acceptors (Lipinski definition) is 5. The van der Waals surface area contributed by atoms with Gasteiger partial charge in [-0.25, -0.2) is 4.99 Å². The van der Waals surface area contributed by atoms with Gasteiger partial charge in [-0.2, -0.15) is 12.6 Å². The number of nitrogens with one attached hydrogen (secondary N) is 3. The number of allylic oxidation sites excluding steroid dienone is 2. The van der Waals surface area contributed by atoms with E-state index in [2.05, 4.69) is 32.9 Å². The number of aromatic nitrogens is 2. The minimum absolute atomic E-state index is 0.0667. The average molecular weight is 621 g/mol. The molecule has 11 heteroatoms. The maximum Gasteiger partial charge on any atom is 0.303 e. The van der Waals surface area contributed by atoms with Crippen LogP contribution in [0, 0.1) is 25.7 Å². The summed E-state index contributed by atoms with van der Waals surface area (Å²) in [6.07, 6.45) is 6.56. The third-order valence-corrected chi connectivity index (χ3v) is 9.04. The van der Waals surface area contributed by atoms with E-state index in [9.17, 15) is 29.4 Å². The number of rotatable bonds is 11. The summed E-state index contributed by atoms with van der Waals surface area (Å²) in [5.41, 5.74) is 7.56. The second-order valence-corrected chi connectivity index (χ2v) is 12.4. The molecule has 3 atom stereocenters. The minimum atomic E-state index is -0.924. The van der Waals surface area contributed by atoms with Crippen LogP contribution in [0.1, 0.15) is 80.6 Å². The average Bonchev–Trinajstić information content (AvgIpc) is 3.59. The molecule has 0 spiro atoms. The van der Waals surface area contributed by atoms with E-state index >= 15 is 0 Å². The molecular formula is C33H40N4O6S. The van der Waals surface area contributed by atoms with Crippen LogP contribution in [-0.4, -0.2) is 54.9 Å². The van der Waals surface area contributed by atoms with Crippen LogP contribution in [0.25, 0.3) is 18.2 Å². The Labute approximate surface area is 261 Å². The molecule has 44 heavy (non-hydrogen) atoms. The van der Waals surface area contributed by atoms with Crippen LogP contribution in [0.4, 0.5) is 0 Å². The van der Waals surface area contributed by atoms with Crippen molar-refractivity contribution in [3.63, 3.8) is 0 Å². The van der Waals surface area contributed by atoms with Crippen molar-refractivity contribution < 1.29 is 29.4 Å². The van der Waals surface area contributed by atoms with Gasteiger partial charge in [0.25, 0.3) is 5.91 Å². The Balaban J connectivity index is 1.90. The van der Waals surface area contributed by atoms with Crippen molar-refractivity contribution in [3.05, 3.63) is 61.2 Å². The first-order chi connectivity index (χ1) is 20.7. The minimum Gasteiger partial charge on any atom is -0.481 e. The van der Waals surface area contributed by atoms with Crippen LogP contribution in [0.3, 0.4) is 0 Å².